The molecule has 3 rings (SSSR count). The third-order valence-electron chi connectivity index (χ3n) is 5.05. The Balaban J connectivity index is 1.60. The van der Waals surface area contributed by atoms with E-state index in [1.165, 1.54) is 0 Å². The molecule has 8 heteroatoms. The molecule has 1 aliphatic heterocycles. The van der Waals surface area contributed by atoms with E-state index < -0.39 is 0 Å². The number of hydrogen-bond donors (Lipinski definition) is 1. The van der Waals surface area contributed by atoms with Crippen LogP contribution in [0, 0.1) is 13.8 Å². The summed E-state index contributed by atoms with van der Waals surface area (Å²) >= 11 is 6.32. The smallest absolute Gasteiger partial charge is 0.241 e. The van der Waals surface area contributed by atoms with Crippen LogP contribution < -0.4 is 15.0 Å². The van der Waals surface area contributed by atoms with Crippen molar-refractivity contribution >= 4 is 29.0 Å². The first-order valence-corrected chi connectivity index (χ1v) is 9.69. The lowest BCUT2D eigenvalue weighted by molar-refractivity contribution is -0.120. The molecule has 0 bridgehead atoms. The summed E-state index contributed by atoms with van der Waals surface area (Å²) in [5.41, 5.74) is 2.73. The van der Waals surface area contributed by atoms with Gasteiger partial charge in [0.2, 0.25) is 11.8 Å². The zero-order chi connectivity index (χ0) is 20.3. The SMILES string of the molecule is COc1cncc(N2CCN(C(C)C(=O)Nc3c(C)cc(C)cc3Cl)CC2)n1. The van der Waals surface area contributed by atoms with Crippen molar-refractivity contribution in [1.29, 1.82) is 0 Å². The minimum Gasteiger partial charge on any atom is -0.480 e. The third kappa shape index (κ3) is 4.54. The Bertz CT molecular complexity index is 829. The van der Waals surface area contributed by atoms with E-state index in [2.05, 4.69) is 25.1 Å². The maximum absolute atomic E-state index is 12.8. The fraction of sp³-hybridized carbons (Fsp3) is 0.450. The minimum atomic E-state index is -0.254. The molecular formula is C20H26ClN5O2. The van der Waals surface area contributed by atoms with Crippen LogP contribution in [0.3, 0.4) is 0 Å². The second-order valence-corrected chi connectivity index (χ2v) is 7.45. The Labute approximate surface area is 170 Å². The van der Waals surface area contributed by atoms with Gasteiger partial charge < -0.3 is 15.0 Å². The van der Waals surface area contributed by atoms with Gasteiger partial charge in [0.15, 0.2) is 5.82 Å². The molecule has 1 aliphatic rings. The number of benzene rings is 1. The van der Waals surface area contributed by atoms with Gasteiger partial charge in [0.1, 0.15) is 0 Å². The number of carbonyl (C=O) groups excluding carboxylic acids is 1. The van der Waals surface area contributed by atoms with Crippen molar-refractivity contribution in [2.24, 2.45) is 0 Å². The lowest BCUT2D eigenvalue weighted by Crippen LogP contribution is -2.53. The van der Waals surface area contributed by atoms with E-state index >= 15 is 0 Å². The van der Waals surface area contributed by atoms with Crippen molar-refractivity contribution in [3.05, 3.63) is 40.7 Å². The number of piperazine rings is 1. The number of methoxy groups -OCH3 is 1. The van der Waals surface area contributed by atoms with Crippen LogP contribution in [0.5, 0.6) is 5.88 Å². The average Bonchev–Trinajstić information content (AvgIpc) is 2.70. The van der Waals surface area contributed by atoms with Crippen molar-refractivity contribution in [2.45, 2.75) is 26.8 Å². The van der Waals surface area contributed by atoms with E-state index in [4.69, 9.17) is 16.3 Å². The highest BCUT2D eigenvalue weighted by atomic mass is 35.5. The molecule has 0 radical (unpaired) electrons. The number of amides is 1. The van der Waals surface area contributed by atoms with Gasteiger partial charge in [-0.2, -0.15) is 4.98 Å². The molecule has 1 aromatic carbocycles. The van der Waals surface area contributed by atoms with Crippen LogP contribution in [0.15, 0.2) is 24.5 Å². The van der Waals surface area contributed by atoms with Crippen LogP contribution in [-0.4, -0.2) is 60.1 Å². The largest absolute Gasteiger partial charge is 0.480 e. The monoisotopic (exact) mass is 403 g/mol. The van der Waals surface area contributed by atoms with Gasteiger partial charge in [-0.1, -0.05) is 17.7 Å². The van der Waals surface area contributed by atoms with Gasteiger partial charge in [-0.15, -0.1) is 0 Å². The molecule has 0 spiro atoms. The summed E-state index contributed by atoms with van der Waals surface area (Å²) in [5.74, 6) is 1.24. The number of hydrogen-bond acceptors (Lipinski definition) is 6. The molecular weight excluding hydrogens is 378 g/mol. The molecule has 0 saturated carbocycles. The molecule has 1 aromatic heterocycles. The first-order chi connectivity index (χ1) is 13.4. The Morgan fingerprint density at radius 3 is 2.57 bits per heavy atom. The number of aryl methyl sites for hydroxylation is 2. The Morgan fingerprint density at radius 1 is 1.21 bits per heavy atom. The van der Waals surface area contributed by atoms with E-state index in [1.807, 2.05) is 32.9 Å². The highest BCUT2D eigenvalue weighted by Crippen LogP contribution is 2.27. The van der Waals surface area contributed by atoms with Gasteiger partial charge in [-0.05, 0) is 38.0 Å². The molecule has 1 atom stereocenters. The maximum atomic E-state index is 12.8. The van der Waals surface area contributed by atoms with Gasteiger partial charge in [0.05, 0.1) is 36.3 Å². The first kappa shape index (κ1) is 20.4. The Kier molecular flexibility index (Phi) is 6.36. The third-order valence-corrected chi connectivity index (χ3v) is 5.35. The predicted molar refractivity (Wildman–Crippen MR) is 111 cm³/mol. The van der Waals surface area contributed by atoms with Crippen LogP contribution in [0.2, 0.25) is 5.02 Å². The molecule has 28 heavy (non-hydrogen) atoms. The molecule has 2 aromatic rings. The van der Waals surface area contributed by atoms with E-state index in [0.29, 0.717) is 16.6 Å². The second-order valence-electron chi connectivity index (χ2n) is 7.05. The van der Waals surface area contributed by atoms with Gasteiger partial charge in [-0.25, -0.2) is 0 Å². The summed E-state index contributed by atoms with van der Waals surface area (Å²) in [6.07, 6.45) is 3.32. The van der Waals surface area contributed by atoms with Crippen LogP contribution in [0.25, 0.3) is 0 Å². The number of aromatic nitrogens is 2. The number of carbonyl (C=O) groups is 1. The Hall–Kier alpha value is -2.38. The highest BCUT2D eigenvalue weighted by molar-refractivity contribution is 6.34. The fourth-order valence-corrected chi connectivity index (χ4v) is 3.76. The lowest BCUT2D eigenvalue weighted by Gasteiger charge is -2.37. The summed E-state index contributed by atoms with van der Waals surface area (Å²) in [5, 5.41) is 3.56. The average molecular weight is 404 g/mol. The lowest BCUT2D eigenvalue weighted by atomic mass is 10.1. The summed E-state index contributed by atoms with van der Waals surface area (Å²) in [4.78, 5) is 25.7. The molecule has 1 unspecified atom stereocenters. The van der Waals surface area contributed by atoms with E-state index in [9.17, 15) is 4.79 Å². The normalized spacial score (nSPS) is 16.0. The molecule has 1 saturated heterocycles. The van der Waals surface area contributed by atoms with Crippen molar-refractivity contribution in [3.63, 3.8) is 0 Å². The molecule has 0 aliphatic carbocycles. The van der Waals surface area contributed by atoms with Crippen LogP contribution in [0.1, 0.15) is 18.1 Å². The van der Waals surface area contributed by atoms with E-state index in [1.54, 1.807) is 19.5 Å². The molecule has 7 nitrogen and oxygen atoms in total. The van der Waals surface area contributed by atoms with Gasteiger partial charge in [0.25, 0.3) is 0 Å². The highest BCUT2D eigenvalue weighted by Gasteiger charge is 2.27. The first-order valence-electron chi connectivity index (χ1n) is 9.31. The van der Waals surface area contributed by atoms with Gasteiger partial charge >= 0.3 is 0 Å². The van der Waals surface area contributed by atoms with Crippen LogP contribution in [0.4, 0.5) is 11.5 Å². The number of rotatable bonds is 5. The number of halogens is 1. The minimum absolute atomic E-state index is 0.0523. The summed E-state index contributed by atoms with van der Waals surface area (Å²) in [7, 11) is 1.58. The number of ether oxygens (including phenoxy) is 1. The van der Waals surface area contributed by atoms with Gasteiger partial charge in [0, 0.05) is 26.2 Å². The maximum Gasteiger partial charge on any atom is 0.241 e. The molecule has 150 valence electrons. The zero-order valence-electron chi connectivity index (χ0n) is 16.7. The van der Waals surface area contributed by atoms with Crippen molar-refractivity contribution in [1.82, 2.24) is 14.9 Å². The summed E-state index contributed by atoms with van der Waals surface area (Å²) in [6.45, 7) is 8.91. The molecule has 1 amide bonds. The molecule has 1 fully saturated rings. The van der Waals surface area contributed by atoms with Crippen molar-refractivity contribution in [3.8, 4) is 5.88 Å². The number of nitrogens with zero attached hydrogens (tertiary/aromatic N) is 4. The summed E-state index contributed by atoms with van der Waals surface area (Å²) in [6, 6.07) is 3.62. The predicted octanol–water partition coefficient (Wildman–Crippen LogP) is 2.90. The van der Waals surface area contributed by atoms with Crippen LogP contribution in [-0.2, 0) is 4.79 Å². The topological polar surface area (TPSA) is 70.6 Å². The molecule has 2 heterocycles. The van der Waals surface area contributed by atoms with Crippen LogP contribution >= 0.6 is 11.6 Å². The second kappa shape index (κ2) is 8.75. The Morgan fingerprint density at radius 2 is 1.93 bits per heavy atom. The zero-order valence-corrected chi connectivity index (χ0v) is 17.5. The number of nitrogens with one attached hydrogen (secondary N) is 1. The van der Waals surface area contributed by atoms with E-state index in [0.717, 1.165) is 43.1 Å². The molecule has 1 N–H and O–H groups in total. The number of anilines is 2. The van der Waals surface area contributed by atoms with E-state index in [-0.39, 0.29) is 11.9 Å². The van der Waals surface area contributed by atoms with Crippen molar-refractivity contribution in [2.75, 3.05) is 43.5 Å². The van der Waals surface area contributed by atoms with Crippen molar-refractivity contribution < 1.29 is 9.53 Å². The summed E-state index contributed by atoms with van der Waals surface area (Å²) < 4.78 is 5.15. The fourth-order valence-electron chi connectivity index (χ4n) is 3.39. The van der Waals surface area contributed by atoms with Gasteiger partial charge in [-0.3, -0.25) is 14.7 Å². The quantitative estimate of drug-likeness (QED) is 0.827. The standard InChI is InChI=1S/C20H26ClN5O2/c1-13-9-14(2)19(16(21)10-13)24-20(27)15(3)25-5-7-26(8-6-25)17-11-22-12-18(23-17)28-4/h9-12,15H,5-8H2,1-4H3,(H,24,27).